The third kappa shape index (κ3) is 8.84. The quantitative estimate of drug-likeness (QED) is 0.484. The summed E-state index contributed by atoms with van der Waals surface area (Å²) < 4.78 is 0. The van der Waals surface area contributed by atoms with Crippen LogP contribution < -0.4 is 5.73 Å². The number of halogens is 1. The molecular formula is C3H8INO. The van der Waals surface area contributed by atoms with E-state index in [0.717, 1.165) is 0 Å². The molecule has 0 fully saturated rings. The second kappa shape index (κ2) is 5.36. The largest absolute Gasteiger partial charge is 0.322 e. The van der Waals surface area contributed by atoms with E-state index in [4.69, 9.17) is 5.73 Å². The number of carbonyl (C=O) groups excluding carboxylic acids is 1. The summed E-state index contributed by atoms with van der Waals surface area (Å²) in [7, 11) is 0. The lowest BCUT2D eigenvalue weighted by molar-refractivity contribution is -0.108. The standard InChI is InChI=1S/C3H7NO.HI/c1-3(4)2-5;/h2-3H,4H2,1H3;1H. The van der Waals surface area contributed by atoms with Crippen molar-refractivity contribution in [3.05, 3.63) is 0 Å². The third-order valence-corrected chi connectivity index (χ3v) is 0.215. The molecule has 0 aromatic heterocycles. The summed E-state index contributed by atoms with van der Waals surface area (Å²) in [4.78, 5) is 9.38. The number of aldehydes is 1. The van der Waals surface area contributed by atoms with Crippen LogP contribution in [0.4, 0.5) is 0 Å². The lowest BCUT2D eigenvalue weighted by Crippen LogP contribution is -2.15. The zero-order valence-corrected chi connectivity index (χ0v) is 5.88. The van der Waals surface area contributed by atoms with Crippen LogP contribution in [0.1, 0.15) is 6.92 Å². The number of hydrogen-bond donors (Lipinski definition) is 1. The molecule has 0 bridgehead atoms. The van der Waals surface area contributed by atoms with E-state index in [0.29, 0.717) is 6.29 Å². The summed E-state index contributed by atoms with van der Waals surface area (Å²) >= 11 is 0. The zero-order valence-electron chi connectivity index (χ0n) is 3.55. The molecule has 38 valence electrons. The molecule has 0 aromatic carbocycles. The fraction of sp³-hybridized carbons (Fsp3) is 0.667. The molecule has 1 atom stereocenters. The molecule has 1 unspecified atom stereocenters. The molecule has 0 aliphatic rings. The predicted octanol–water partition coefficient (Wildman–Crippen LogP) is 0.151. The van der Waals surface area contributed by atoms with Gasteiger partial charge in [0, 0.05) is 0 Å². The van der Waals surface area contributed by atoms with Crippen LogP contribution in [0.15, 0.2) is 0 Å². The van der Waals surface area contributed by atoms with Gasteiger partial charge >= 0.3 is 0 Å². The molecule has 0 rings (SSSR count). The summed E-state index contributed by atoms with van der Waals surface area (Å²) in [6.45, 7) is 1.63. The first-order valence-electron chi connectivity index (χ1n) is 1.48. The van der Waals surface area contributed by atoms with E-state index in [1.165, 1.54) is 0 Å². The van der Waals surface area contributed by atoms with Crippen molar-refractivity contribution >= 4 is 30.3 Å². The lowest BCUT2D eigenvalue weighted by atomic mass is 10.4. The summed E-state index contributed by atoms with van der Waals surface area (Å²) in [6, 6.07) is -0.296. The Morgan fingerprint density at radius 1 is 1.83 bits per heavy atom. The zero-order chi connectivity index (χ0) is 4.28. The maximum absolute atomic E-state index is 9.38. The Hall–Kier alpha value is 0.360. The van der Waals surface area contributed by atoms with Crippen molar-refractivity contribution in [2.45, 2.75) is 13.0 Å². The average molecular weight is 201 g/mol. The van der Waals surface area contributed by atoms with E-state index in [1.54, 1.807) is 6.92 Å². The Kier molecular flexibility index (Phi) is 8.59. The van der Waals surface area contributed by atoms with Crippen molar-refractivity contribution < 1.29 is 4.79 Å². The van der Waals surface area contributed by atoms with Crippen LogP contribution in [0, 0.1) is 0 Å². The van der Waals surface area contributed by atoms with Crippen LogP contribution in [0.3, 0.4) is 0 Å². The van der Waals surface area contributed by atoms with Crippen molar-refractivity contribution in [2.24, 2.45) is 5.73 Å². The lowest BCUT2D eigenvalue weighted by Gasteiger charge is -1.80. The van der Waals surface area contributed by atoms with Gasteiger partial charge in [0.15, 0.2) is 0 Å². The highest BCUT2D eigenvalue weighted by atomic mass is 127. The molecule has 0 heterocycles. The Balaban J connectivity index is 0. The van der Waals surface area contributed by atoms with Crippen LogP contribution >= 0.6 is 24.0 Å². The molecule has 0 aromatic rings. The molecule has 2 N–H and O–H groups in total. The van der Waals surface area contributed by atoms with Gasteiger partial charge in [-0.05, 0) is 6.92 Å². The number of nitrogens with two attached hydrogens (primary N) is 1. The molecule has 0 radical (unpaired) electrons. The minimum Gasteiger partial charge on any atom is -0.322 e. The van der Waals surface area contributed by atoms with E-state index in [1.807, 2.05) is 0 Å². The van der Waals surface area contributed by atoms with E-state index in [2.05, 4.69) is 0 Å². The fourth-order valence-corrected chi connectivity index (χ4v) is 0. The third-order valence-electron chi connectivity index (χ3n) is 0.215. The van der Waals surface area contributed by atoms with Crippen molar-refractivity contribution in [1.29, 1.82) is 0 Å². The molecule has 0 spiro atoms. The first-order valence-corrected chi connectivity index (χ1v) is 1.48. The van der Waals surface area contributed by atoms with Gasteiger partial charge in [-0.2, -0.15) is 0 Å². The van der Waals surface area contributed by atoms with Gasteiger partial charge in [-0.1, -0.05) is 0 Å². The van der Waals surface area contributed by atoms with Gasteiger partial charge < -0.3 is 10.5 Å². The maximum Gasteiger partial charge on any atom is 0.136 e. The van der Waals surface area contributed by atoms with Gasteiger partial charge in [0.05, 0.1) is 6.04 Å². The fourth-order valence-electron chi connectivity index (χ4n) is 0. The van der Waals surface area contributed by atoms with Crippen LogP contribution in [0.2, 0.25) is 0 Å². The van der Waals surface area contributed by atoms with Crippen molar-refractivity contribution in [2.75, 3.05) is 0 Å². The molecule has 3 heteroatoms. The molecule has 6 heavy (non-hydrogen) atoms. The predicted molar refractivity (Wildman–Crippen MR) is 35.1 cm³/mol. The van der Waals surface area contributed by atoms with Crippen LogP contribution in [-0.2, 0) is 4.79 Å². The van der Waals surface area contributed by atoms with Gasteiger partial charge in [-0.15, -0.1) is 24.0 Å². The van der Waals surface area contributed by atoms with E-state index < -0.39 is 0 Å². The second-order valence-electron chi connectivity index (χ2n) is 0.995. The van der Waals surface area contributed by atoms with E-state index in [-0.39, 0.29) is 30.0 Å². The Labute approximate surface area is 54.1 Å². The highest BCUT2D eigenvalue weighted by Crippen LogP contribution is 1.55. The summed E-state index contributed by atoms with van der Waals surface area (Å²) in [5.41, 5.74) is 4.92. The molecule has 0 amide bonds. The number of carbonyl (C=O) groups is 1. The van der Waals surface area contributed by atoms with Crippen molar-refractivity contribution in [3.8, 4) is 0 Å². The summed E-state index contributed by atoms with van der Waals surface area (Å²) in [6.07, 6.45) is 0.694. The van der Waals surface area contributed by atoms with Gasteiger partial charge in [0.2, 0.25) is 0 Å². The first-order chi connectivity index (χ1) is 2.27. The second-order valence-corrected chi connectivity index (χ2v) is 0.995. The average Bonchev–Trinajstić information content (AvgIpc) is 1.38. The normalized spacial score (nSPS) is 11.7. The molecule has 2 nitrogen and oxygen atoms in total. The van der Waals surface area contributed by atoms with Crippen LogP contribution in [0.5, 0.6) is 0 Å². The maximum atomic E-state index is 9.38. The topological polar surface area (TPSA) is 43.1 Å². The molecule has 0 aliphatic heterocycles. The molecule has 0 saturated heterocycles. The minimum atomic E-state index is -0.296. The van der Waals surface area contributed by atoms with Gasteiger partial charge in [0.1, 0.15) is 6.29 Å². The van der Waals surface area contributed by atoms with E-state index in [9.17, 15) is 4.79 Å². The Bertz CT molecular complexity index is 37.8. The van der Waals surface area contributed by atoms with Crippen molar-refractivity contribution in [3.63, 3.8) is 0 Å². The highest BCUT2D eigenvalue weighted by molar-refractivity contribution is 14.0. The monoisotopic (exact) mass is 201 g/mol. The van der Waals surface area contributed by atoms with Crippen LogP contribution in [0.25, 0.3) is 0 Å². The van der Waals surface area contributed by atoms with Crippen LogP contribution in [-0.4, -0.2) is 12.3 Å². The molecule has 0 aliphatic carbocycles. The Morgan fingerprint density at radius 2 is 2.00 bits per heavy atom. The molecular weight excluding hydrogens is 193 g/mol. The highest BCUT2D eigenvalue weighted by Gasteiger charge is 1.79. The Morgan fingerprint density at radius 3 is 2.00 bits per heavy atom. The SMILES string of the molecule is CC(N)C=O.I. The first kappa shape index (κ1) is 9.61. The summed E-state index contributed by atoms with van der Waals surface area (Å²) in [5, 5.41) is 0. The number of rotatable bonds is 1. The van der Waals surface area contributed by atoms with Gasteiger partial charge in [-0.25, -0.2) is 0 Å². The van der Waals surface area contributed by atoms with Gasteiger partial charge in [0.25, 0.3) is 0 Å². The minimum absolute atomic E-state index is 0. The molecule has 0 saturated carbocycles. The van der Waals surface area contributed by atoms with Crippen molar-refractivity contribution in [1.82, 2.24) is 0 Å². The summed E-state index contributed by atoms with van der Waals surface area (Å²) in [5.74, 6) is 0. The smallest absolute Gasteiger partial charge is 0.136 e. The van der Waals surface area contributed by atoms with Gasteiger partial charge in [-0.3, -0.25) is 0 Å². The number of hydrogen-bond acceptors (Lipinski definition) is 2. The van der Waals surface area contributed by atoms with E-state index >= 15 is 0 Å².